The van der Waals surface area contributed by atoms with Crippen molar-refractivity contribution < 1.29 is 18.7 Å². The molecule has 0 saturated carbocycles. The zero-order valence-electron chi connectivity index (χ0n) is 17.4. The predicted octanol–water partition coefficient (Wildman–Crippen LogP) is 4.06. The van der Waals surface area contributed by atoms with Gasteiger partial charge in [-0.25, -0.2) is 9.18 Å². The Morgan fingerprint density at radius 1 is 1.00 bits per heavy atom. The lowest BCUT2D eigenvalue weighted by atomic mass is 10.1. The zero-order chi connectivity index (χ0) is 21.7. The molecule has 0 aliphatic rings. The van der Waals surface area contributed by atoms with E-state index in [-0.39, 0.29) is 18.3 Å². The molecule has 0 fully saturated rings. The third-order valence-corrected chi connectivity index (χ3v) is 4.93. The molecular formula is C24H25FN2O3. The Balaban J connectivity index is 1.54. The molecule has 1 amide bonds. The summed E-state index contributed by atoms with van der Waals surface area (Å²) in [6, 6.07) is 15.9. The number of esters is 1. The van der Waals surface area contributed by atoms with Gasteiger partial charge in [0.05, 0.1) is 5.56 Å². The Morgan fingerprint density at radius 3 is 2.33 bits per heavy atom. The molecule has 0 radical (unpaired) electrons. The second-order valence-corrected chi connectivity index (χ2v) is 7.26. The summed E-state index contributed by atoms with van der Waals surface area (Å²) in [6.45, 7) is 5.82. The SMILES string of the molecule is Cc1ccc(-n2c(C)cc(C(=O)OCC(=O)NCCc3ccc(F)cc3)c2C)cc1. The summed E-state index contributed by atoms with van der Waals surface area (Å²) in [4.78, 5) is 24.5. The van der Waals surface area contributed by atoms with Crippen LogP contribution >= 0.6 is 0 Å². The molecule has 0 atom stereocenters. The molecule has 2 aromatic carbocycles. The summed E-state index contributed by atoms with van der Waals surface area (Å²) in [5.41, 5.74) is 5.15. The molecule has 1 N–H and O–H groups in total. The second kappa shape index (κ2) is 9.39. The van der Waals surface area contributed by atoms with E-state index >= 15 is 0 Å². The lowest BCUT2D eigenvalue weighted by Gasteiger charge is -2.10. The van der Waals surface area contributed by atoms with Crippen molar-refractivity contribution in [2.24, 2.45) is 0 Å². The van der Waals surface area contributed by atoms with E-state index in [1.807, 2.05) is 49.6 Å². The maximum absolute atomic E-state index is 12.9. The van der Waals surface area contributed by atoms with Crippen LogP contribution in [0.3, 0.4) is 0 Å². The number of carbonyl (C=O) groups is 2. The minimum atomic E-state index is -0.532. The molecule has 3 aromatic rings. The Morgan fingerprint density at radius 2 is 1.67 bits per heavy atom. The van der Waals surface area contributed by atoms with Crippen molar-refractivity contribution in [2.45, 2.75) is 27.2 Å². The highest BCUT2D eigenvalue weighted by atomic mass is 19.1. The number of carbonyl (C=O) groups excluding carboxylic acids is 2. The molecule has 0 saturated heterocycles. The van der Waals surface area contributed by atoms with Gasteiger partial charge >= 0.3 is 5.97 Å². The molecule has 0 aliphatic carbocycles. The Kier molecular flexibility index (Phi) is 6.67. The molecule has 6 heteroatoms. The molecule has 0 aliphatic heterocycles. The maximum Gasteiger partial charge on any atom is 0.340 e. The van der Waals surface area contributed by atoms with E-state index in [4.69, 9.17) is 4.74 Å². The fourth-order valence-corrected chi connectivity index (χ4v) is 3.32. The largest absolute Gasteiger partial charge is 0.452 e. The van der Waals surface area contributed by atoms with Gasteiger partial charge in [-0.1, -0.05) is 29.8 Å². The van der Waals surface area contributed by atoms with Crippen LogP contribution in [0.15, 0.2) is 54.6 Å². The molecule has 3 rings (SSSR count). The van der Waals surface area contributed by atoms with Gasteiger partial charge in [-0.3, -0.25) is 4.79 Å². The second-order valence-electron chi connectivity index (χ2n) is 7.26. The van der Waals surface area contributed by atoms with Gasteiger partial charge in [0, 0.05) is 23.6 Å². The summed E-state index contributed by atoms with van der Waals surface area (Å²) < 4.78 is 20.1. The Labute approximate surface area is 175 Å². The van der Waals surface area contributed by atoms with Gasteiger partial charge in [-0.2, -0.15) is 0 Å². The fraction of sp³-hybridized carbons (Fsp3) is 0.250. The van der Waals surface area contributed by atoms with E-state index in [1.165, 1.54) is 12.1 Å². The number of nitrogens with one attached hydrogen (secondary N) is 1. The van der Waals surface area contributed by atoms with Gasteiger partial charge < -0.3 is 14.6 Å². The van der Waals surface area contributed by atoms with Crippen molar-refractivity contribution in [1.29, 1.82) is 0 Å². The molecular weight excluding hydrogens is 383 g/mol. The number of benzene rings is 2. The Hall–Kier alpha value is -3.41. The van der Waals surface area contributed by atoms with Gasteiger partial charge in [0.1, 0.15) is 5.82 Å². The van der Waals surface area contributed by atoms with Crippen molar-refractivity contribution in [3.05, 3.63) is 88.5 Å². The van der Waals surface area contributed by atoms with Crippen molar-refractivity contribution in [2.75, 3.05) is 13.2 Å². The molecule has 1 aromatic heterocycles. The van der Waals surface area contributed by atoms with Crippen LogP contribution in [0.5, 0.6) is 0 Å². The number of rotatable bonds is 7. The number of hydrogen-bond acceptors (Lipinski definition) is 3. The minimum absolute atomic E-state index is 0.295. The van der Waals surface area contributed by atoms with E-state index in [0.29, 0.717) is 18.5 Å². The van der Waals surface area contributed by atoms with Crippen molar-refractivity contribution in [1.82, 2.24) is 9.88 Å². The van der Waals surface area contributed by atoms with E-state index in [1.54, 1.807) is 18.2 Å². The number of hydrogen-bond donors (Lipinski definition) is 1. The van der Waals surface area contributed by atoms with Crippen LogP contribution in [-0.4, -0.2) is 29.6 Å². The molecule has 0 bridgehead atoms. The van der Waals surface area contributed by atoms with Crippen LogP contribution in [-0.2, 0) is 16.0 Å². The molecule has 1 heterocycles. The Bertz CT molecular complexity index is 1040. The number of aryl methyl sites for hydroxylation is 2. The molecule has 30 heavy (non-hydrogen) atoms. The molecule has 0 spiro atoms. The smallest absolute Gasteiger partial charge is 0.340 e. The van der Waals surface area contributed by atoms with E-state index in [0.717, 1.165) is 28.2 Å². The highest BCUT2D eigenvalue weighted by molar-refractivity contribution is 5.93. The molecule has 156 valence electrons. The first-order valence-corrected chi connectivity index (χ1v) is 9.79. The number of nitrogens with zero attached hydrogens (tertiary/aromatic N) is 1. The molecule has 5 nitrogen and oxygen atoms in total. The van der Waals surface area contributed by atoms with E-state index in [2.05, 4.69) is 5.32 Å². The van der Waals surface area contributed by atoms with Crippen LogP contribution in [0.4, 0.5) is 4.39 Å². The summed E-state index contributed by atoms with van der Waals surface area (Å²) in [5.74, 6) is -1.20. The normalized spacial score (nSPS) is 10.7. The van der Waals surface area contributed by atoms with Crippen LogP contribution in [0, 0.1) is 26.6 Å². The topological polar surface area (TPSA) is 60.3 Å². The lowest BCUT2D eigenvalue weighted by Crippen LogP contribution is -2.30. The highest BCUT2D eigenvalue weighted by Gasteiger charge is 2.18. The third kappa shape index (κ3) is 5.14. The van der Waals surface area contributed by atoms with Crippen molar-refractivity contribution >= 4 is 11.9 Å². The average molecular weight is 408 g/mol. The highest BCUT2D eigenvalue weighted by Crippen LogP contribution is 2.21. The first-order chi connectivity index (χ1) is 14.3. The van der Waals surface area contributed by atoms with Crippen molar-refractivity contribution in [3.63, 3.8) is 0 Å². The first kappa shape index (κ1) is 21.3. The first-order valence-electron chi connectivity index (χ1n) is 9.79. The van der Waals surface area contributed by atoms with Crippen LogP contribution in [0.2, 0.25) is 0 Å². The lowest BCUT2D eigenvalue weighted by molar-refractivity contribution is -0.124. The molecule has 0 unspecified atom stereocenters. The van der Waals surface area contributed by atoms with Gasteiger partial charge in [0.2, 0.25) is 0 Å². The van der Waals surface area contributed by atoms with Crippen molar-refractivity contribution in [3.8, 4) is 5.69 Å². The summed E-state index contributed by atoms with van der Waals surface area (Å²) in [6.07, 6.45) is 0.567. The van der Waals surface area contributed by atoms with E-state index < -0.39 is 5.97 Å². The number of ether oxygens (including phenoxy) is 1. The zero-order valence-corrected chi connectivity index (χ0v) is 17.4. The predicted molar refractivity (Wildman–Crippen MR) is 113 cm³/mol. The summed E-state index contributed by atoms with van der Waals surface area (Å²) in [5, 5.41) is 2.70. The number of aromatic nitrogens is 1. The number of halogens is 1. The minimum Gasteiger partial charge on any atom is -0.452 e. The van der Waals surface area contributed by atoms with Crippen LogP contribution in [0.25, 0.3) is 5.69 Å². The fourth-order valence-electron chi connectivity index (χ4n) is 3.32. The van der Waals surface area contributed by atoms with E-state index in [9.17, 15) is 14.0 Å². The summed E-state index contributed by atoms with van der Waals surface area (Å²) >= 11 is 0. The number of amides is 1. The third-order valence-electron chi connectivity index (χ3n) is 4.93. The van der Waals surface area contributed by atoms with Gasteiger partial charge in [-0.15, -0.1) is 0 Å². The quantitative estimate of drug-likeness (QED) is 0.600. The van der Waals surface area contributed by atoms with Gasteiger partial charge in [0.15, 0.2) is 6.61 Å². The standard InChI is InChI=1S/C24H25FN2O3/c1-16-4-10-21(11-5-16)27-17(2)14-22(18(27)3)24(29)30-15-23(28)26-13-12-19-6-8-20(25)9-7-19/h4-11,14H,12-13,15H2,1-3H3,(H,26,28). The van der Waals surface area contributed by atoms with Crippen LogP contribution in [0.1, 0.15) is 32.9 Å². The van der Waals surface area contributed by atoms with Gasteiger partial charge in [-0.05, 0) is 63.1 Å². The monoisotopic (exact) mass is 408 g/mol. The average Bonchev–Trinajstić information content (AvgIpc) is 3.02. The maximum atomic E-state index is 12.9. The summed E-state index contributed by atoms with van der Waals surface area (Å²) in [7, 11) is 0. The van der Waals surface area contributed by atoms with Crippen LogP contribution < -0.4 is 5.32 Å². The van der Waals surface area contributed by atoms with Gasteiger partial charge in [0.25, 0.3) is 5.91 Å².